The predicted octanol–water partition coefficient (Wildman–Crippen LogP) is 1.61. The van der Waals surface area contributed by atoms with Gasteiger partial charge in [-0.1, -0.05) is 6.07 Å². The zero-order chi connectivity index (χ0) is 10.7. The molecule has 0 aliphatic carbocycles. The minimum absolute atomic E-state index is 0.596. The molecule has 2 heterocycles. The van der Waals surface area contributed by atoms with Gasteiger partial charge in [-0.25, -0.2) is 4.98 Å². The highest BCUT2D eigenvalue weighted by atomic mass is 15.1. The Balaban J connectivity index is 2.16. The highest BCUT2D eigenvalue weighted by Crippen LogP contribution is 2.22. The van der Waals surface area contributed by atoms with Crippen LogP contribution in [0.4, 0.5) is 5.82 Å². The average molecular weight is 205 g/mol. The molecule has 0 spiro atoms. The molecule has 3 nitrogen and oxygen atoms in total. The maximum absolute atomic E-state index is 4.68. The van der Waals surface area contributed by atoms with E-state index in [0.717, 1.165) is 18.9 Å². The summed E-state index contributed by atoms with van der Waals surface area (Å²) >= 11 is 0. The second kappa shape index (κ2) is 4.62. The lowest BCUT2D eigenvalue weighted by Gasteiger charge is -2.23. The van der Waals surface area contributed by atoms with E-state index in [2.05, 4.69) is 33.4 Å². The molecule has 0 unspecified atom stereocenters. The molecule has 1 aromatic heterocycles. The fourth-order valence-corrected chi connectivity index (χ4v) is 2.02. The smallest absolute Gasteiger partial charge is 0.128 e. The Labute approximate surface area is 91.5 Å². The maximum atomic E-state index is 4.68. The average Bonchev–Trinajstić information content (AvgIpc) is 2.30. The van der Waals surface area contributed by atoms with Crippen molar-refractivity contribution in [3.63, 3.8) is 0 Å². The number of anilines is 1. The molecule has 1 aliphatic rings. The van der Waals surface area contributed by atoms with E-state index in [4.69, 9.17) is 0 Å². The van der Waals surface area contributed by atoms with Gasteiger partial charge in [0.05, 0.1) is 0 Å². The zero-order valence-corrected chi connectivity index (χ0v) is 9.53. The van der Waals surface area contributed by atoms with E-state index < -0.39 is 0 Å². The summed E-state index contributed by atoms with van der Waals surface area (Å²) in [6, 6.07) is 6.30. The Morgan fingerprint density at radius 2 is 2.27 bits per heavy atom. The normalized spacial score (nSPS) is 21.3. The molecule has 1 N–H and O–H groups in total. The van der Waals surface area contributed by atoms with Crippen molar-refractivity contribution in [2.24, 2.45) is 0 Å². The first-order valence-corrected chi connectivity index (χ1v) is 5.62. The fraction of sp³-hybridized carbons (Fsp3) is 0.583. The first kappa shape index (κ1) is 10.4. The molecule has 0 saturated carbocycles. The van der Waals surface area contributed by atoms with Crippen LogP contribution in [0.5, 0.6) is 0 Å². The Morgan fingerprint density at radius 3 is 2.93 bits per heavy atom. The van der Waals surface area contributed by atoms with Gasteiger partial charge >= 0.3 is 0 Å². The van der Waals surface area contributed by atoms with E-state index in [9.17, 15) is 0 Å². The van der Waals surface area contributed by atoms with E-state index in [1.807, 2.05) is 14.1 Å². The minimum atomic E-state index is 0.596. The summed E-state index contributed by atoms with van der Waals surface area (Å²) in [6.07, 6.45) is 2.52. The molecular formula is C12H19N3. The van der Waals surface area contributed by atoms with Crippen LogP contribution in [-0.4, -0.2) is 32.2 Å². The van der Waals surface area contributed by atoms with Gasteiger partial charge in [0.15, 0.2) is 0 Å². The van der Waals surface area contributed by atoms with Crippen molar-refractivity contribution in [3.05, 3.63) is 23.9 Å². The van der Waals surface area contributed by atoms with Crippen LogP contribution in [0.15, 0.2) is 18.2 Å². The van der Waals surface area contributed by atoms with Crippen molar-refractivity contribution >= 4 is 5.82 Å². The molecule has 1 atom stereocenters. The third kappa shape index (κ3) is 2.48. The highest BCUT2D eigenvalue weighted by molar-refractivity contribution is 5.37. The van der Waals surface area contributed by atoms with Crippen molar-refractivity contribution < 1.29 is 0 Å². The Kier molecular flexibility index (Phi) is 3.21. The summed E-state index contributed by atoms with van der Waals surface area (Å²) in [5, 5.41) is 3.43. The van der Waals surface area contributed by atoms with Crippen molar-refractivity contribution in [2.75, 3.05) is 32.1 Å². The zero-order valence-electron chi connectivity index (χ0n) is 9.53. The summed E-state index contributed by atoms with van der Waals surface area (Å²) in [7, 11) is 4.07. The van der Waals surface area contributed by atoms with Gasteiger partial charge < -0.3 is 10.2 Å². The molecule has 1 aromatic rings. The second-order valence-corrected chi connectivity index (χ2v) is 4.36. The van der Waals surface area contributed by atoms with Gasteiger partial charge in [-0.05, 0) is 31.5 Å². The monoisotopic (exact) mass is 205 g/mol. The second-order valence-electron chi connectivity index (χ2n) is 4.36. The summed E-state index contributed by atoms with van der Waals surface area (Å²) in [6.45, 7) is 2.23. The number of pyridine rings is 1. The van der Waals surface area contributed by atoms with Gasteiger partial charge in [-0.15, -0.1) is 0 Å². The molecule has 1 aliphatic heterocycles. The van der Waals surface area contributed by atoms with Crippen LogP contribution < -0.4 is 10.2 Å². The number of hydrogen-bond donors (Lipinski definition) is 1. The SMILES string of the molecule is CN(C)c1cccc([C@@H]2CCCNC2)n1. The van der Waals surface area contributed by atoms with Crippen LogP contribution in [0.1, 0.15) is 24.5 Å². The number of hydrogen-bond acceptors (Lipinski definition) is 3. The predicted molar refractivity (Wildman–Crippen MR) is 63.4 cm³/mol. The van der Waals surface area contributed by atoms with Gasteiger partial charge in [0.25, 0.3) is 0 Å². The Bertz CT molecular complexity index is 316. The lowest BCUT2D eigenvalue weighted by atomic mass is 9.96. The van der Waals surface area contributed by atoms with E-state index in [0.29, 0.717) is 5.92 Å². The first-order valence-electron chi connectivity index (χ1n) is 5.62. The van der Waals surface area contributed by atoms with E-state index in [-0.39, 0.29) is 0 Å². The molecule has 0 aromatic carbocycles. The van der Waals surface area contributed by atoms with Gasteiger partial charge in [-0.2, -0.15) is 0 Å². The van der Waals surface area contributed by atoms with Crippen LogP contribution in [0.3, 0.4) is 0 Å². The molecule has 1 saturated heterocycles. The molecule has 3 heteroatoms. The molecule has 0 bridgehead atoms. The molecule has 0 radical (unpaired) electrons. The fourth-order valence-electron chi connectivity index (χ4n) is 2.02. The number of nitrogens with one attached hydrogen (secondary N) is 1. The maximum Gasteiger partial charge on any atom is 0.128 e. The molecule has 15 heavy (non-hydrogen) atoms. The standard InChI is InChI=1S/C12H19N3/c1-15(2)12-7-3-6-11(14-12)10-5-4-8-13-9-10/h3,6-7,10,13H,4-5,8-9H2,1-2H3/t10-/m1/s1. The number of rotatable bonds is 2. The van der Waals surface area contributed by atoms with E-state index >= 15 is 0 Å². The van der Waals surface area contributed by atoms with Gasteiger partial charge in [0.2, 0.25) is 0 Å². The third-order valence-corrected chi connectivity index (χ3v) is 2.93. The van der Waals surface area contributed by atoms with Crippen LogP contribution >= 0.6 is 0 Å². The van der Waals surface area contributed by atoms with Gasteiger partial charge in [-0.3, -0.25) is 0 Å². The van der Waals surface area contributed by atoms with E-state index in [1.165, 1.54) is 18.5 Å². The largest absolute Gasteiger partial charge is 0.363 e. The lowest BCUT2D eigenvalue weighted by molar-refractivity contribution is 0.455. The summed E-state index contributed by atoms with van der Waals surface area (Å²) in [5.41, 5.74) is 1.23. The quantitative estimate of drug-likeness (QED) is 0.795. The molecule has 2 rings (SSSR count). The van der Waals surface area contributed by atoms with Crippen LogP contribution in [0.2, 0.25) is 0 Å². The molecular weight excluding hydrogens is 186 g/mol. The number of aromatic nitrogens is 1. The Hall–Kier alpha value is -1.09. The first-order chi connectivity index (χ1) is 7.27. The van der Waals surface area contributed by atoms with Crippen molar-refractivity contribution in [2.45, 2.75) is 18.8 Å². The summed E-state index contributed by atoms with van der Waals surface area (Å²) < 4.78 is 0. The summed E-state index contributed by atoms with van der Waals surface area (Å²) in [4.78, 5) is 6.74. The minimum Gasteiger partial charge on any atom is -0.363 e. The van der Waals surface area contributed by atoms with Gasteiger partial charge in [0, 0.05) is 32.3 Å². The molecule has 0 amide bonds. The van der Waals surface area contributed by atoms with Crippen molar-refractivity contribution in [1.82, 2.24) is 10.3 Å². The number of nitrogens with zero attached hydrogens (tertiary/aromatic N) is 2. The van der Waals surface area contributed by atoms with Crippen LogP contribution in [0.25, 0.3) is 0 Å². The van der Waals surface area contributed by atoms with Crippen molar-refractivity contribution in [3.8, 4) is 0 Å². The topological polar surface area (TPSA) is 28.2 Å². The number of piperidine rings is 1. The Morgan fingerprint density at radius 1 is 1.40 bits per heavy atom. The van der Waals surface area contributed by atoms with Crippen LogP contribution in [-0.2, 0) is 0 Å². The van der Waals surface area contributed by atoms with Gasteiger partial charge in [0.1, 0.15) is 5.82 Å². The molecule has 82 valence electrons. The summed E-state index contributed by atoms with van der Waals surface area (Å²) in [5.74, 6) is 1.65. The van der Waals surface area contributed by atoms with Crippen LogP contribution in [0, 0.1) is 0 Å². The third-order valence-electron chi connectivity index (χ3n) is 2.93. The molecule has 1 fully saturated rings. The van der Waals surface area contributed by atoms with E-state index in [1.54, 1.807) is 0 Å². The van der Waals surface area contributed by atoms with Crippen molar-refractivity contribution in [1.29, 1.82) is 0 Å². The lowest BCUT2D eigenvalue weighted by Crippen LogP contribution is -2.29. The highest BCUT2D eigenvalue weighted by Gasteiger charge is 2.16.